The number of fused-ring (bicyclic) bond motifs is 6. The molecule has 2 nitrogen and oxygen atoms in total. The van der Waals surface area contributed by atoms with E-state index in [0.717, 1.165) is 38.8 Å². The van der Waals surface area contributed by atoms with E-state index in [1.54, 1.807) is 0 Å². The van der Waals surface area contributed by atoms with Crippen LogP contribution in [0.25, 0.3) is 60.6 Å². The van der Waals surface area contributed by atoms with Gasteiger partial charge in [0.05, 0.1) is 11.0 Å². The molecule has 0 saturated heterocycles. The zero-order valence-corrected chi connectivity index (χ0v) is 17.3. The molecule has 7 aromatic rings. The van der Waals surface area contributed by atoms with Gasteiger partial charge in [-0.15, -0.1) is 0 Å². The first-order chi connectivity index (χ1) is 15.9. The number of rotatable bonds is 2. The van der Waals surface area contributed by atoms with Gasteiger partial charge in [-0.25, -0.2) is 0 Å². The molecule has 0 saturated carbocycles. The molecule has 7 rings (SSSR count). The van der Waals surface area contributed by atoms with Crippen LogP contribution in [0.2, 0.25) is 0 Å². The lowest BCUT2D eigenvalue weighted by molar-refractivity contribution is 0.670. The molecule has 32 heavy (non-hydrogen) atoms. The van der Waals surface area contributed by atoms with E-state index in [1.807, 2.05) is 12.1 Å². The number of benzene rings is 5. The van der Waals surface area contributed by atoms with Crippen LogP contribution in [0.5, 0.6) is 0 Å². The van der Waals surface area contributed by atoms with E-state index in [0.29, 0.717) is 0 Å². The SMILES string of the molecule is c1ccc(-n2c3ccccc3c3ccc(-c4cccc5c4oc4ccccc45)cc32)cc1. The number of hydrogen-bond acceptors (Lipinski definition) is 1. The zero-order chi connectivity index (χ0) is 21.1. The predicted octanol–water partition coefficient (Wildman–Crippen LogP) is 8.35. The first-order valence-corrected chi connectivity index (χ1v) is 10.9. The summed E-state index contributed by atoms with van der Waals surface area (Å²) < 4.78 is 8.67. The summed E-state index contributed by atoms with van der Waals surface area (Å²) in [5.41, 5.74) is 7.71. The van der Waals surface area contributed by atoms with Crippen molar-refractivity contribution in [3.05, 3.63) is 115 Å². The van der Waals surface area contributed by atoms with Gasteiger partial charge < -0.3 is 8.98 Å². The van der Waals surface area contributed by atoms with Crippen molar-refractivity contribution in [2.24, 2.45) is 0 Å². The molecule has 0 N–H and O–H groups in total. The Balaban J connectivity index is 1.56. The molecule has 0 unspecified atom stereocenters. The van der Waals surface area contributed by atoms with Crippen LogP contribution >= 0.6 is 0 Å². The summed E-state index contributed by atoms with van der Waals surface area (Å²) in [4.78, 5) is 0. The van der Waals surface area contributed by atoms with Gasteiger partial charge >= 0.3 is 0 Å². The molecule has 0 aliphatic heterocycles. The second-order valence-corrected chi connectivity index (χ2v) is 8.20. The fourth-order valence-corrected chi connectivity index (χ4v) is 4.97. The molecule has 0 fully saturated rings. The van der Waals surface area contributed by atoms with Crippen molar-refractivity contribution in [3.63, 3.8) is 0 Å². The van der Waals surface area contributed by atoms with Gasteiger partial charge in [-0.05, 0) is 35.9 Å². The summed E-state index contributed by atoms with van der Waals surface area (Å²) in [5, 5.41) is 4.83. The van der Waals surface area contributed by atoms with E-state index in [2.05, 4.69) is 108 Å². The molecular weight excluding hydrogens is 390 g/mol. The molecule has 0 spiro atoms. The molecular formula is C30H19NO. The summed E-state index contributed by atoms with van der Waals surface area (Å²) in [6.07, 6.45) is 0. The Morgan fingerprint density at radius 1 is 0.500 bits per heavy atom. The van der Waals surface area contributed by atoms with Crippen molar-refractivity contribution in [1.82, 2.24) is 4.57 Å². The van der Waals surface area contributed by atoms with Crippen LogP contribution in [0.1, 0.15) is 0 Å². The van der Waals surface area contributed by atoms with Gasteiger partial charge in [-0.1, -0.05) is 84.9 Å². The molecule has 0 aliphatic carbocycles. The van der Waals surface area contributed by atoms with Crippen molar-refractivity contribution in [2.45, 2.75) is 0 Å². The molecule has 150 valence electrons. The summed E-state index contributed by atoms with van der Waals surface area (Å²) in [6, 6.07) is 40.6. The fraction of sp³-hybridized carbons (Fsp3) is 0. The second kappa shape index (κ2) is 6.60. The third kappa shape index (κ3) is 2.41. The minimum atomic E-state index is 0.925. The number of aromatic nitrogens is 1. The van der Waals surface area contributed by atoms with Crippen LogP contribution in [0.4, 0.5) is 0 Å². The average Bonchev–Trinajstić information content (AvgIpc) is 3.40. The van der Waals surface area contributed by atoms with Crippen molar-refractivity contribution >= 4 is 43.7 Å². The molecule has 2 heteroatoms. The summed E-state index contributed by atoms with van der Waals surface area (Å²) in [7, 11) is 0. The molecule has 0 aliphatic rings. The topological polar surface area (TPSA) is 18.1 Å². The maximum Gasteiger partial charge on any atom is 0.143 e. The van der Waals surface area contributed by atoms with Gasteiger partial charge in [-0.2, -0.15) is 0 Å². The highest BCUT2D eigenvalue weighted by molar-refractivity contribution is 6.12. The second-order valence-electron chi connectivity index (χ2n) is 8.20. The van der Waals surface area contributed by atoms with E-state index in [-0.39, 0.29) is 0 Å². The van der Waals surface area contributed by atoms with E-state index < -0.39 is 0 Å². The maximum absolute atomic E-state index is 6.32. The Morgan fingerprint density at radius 2 is 1.22 bits per heavy atom. The van der Waals surface area contributed by atoms with E-state index >= 15 is 0 Å². The lowest BCUT2D eigenvalue weighted by Gasteiger charge is -2.09. The predicted molar refractivity (Wildman–Crippen MR) is 133 cm³/mol. The maximum atomic E-state index is 6.32. The minimum Gasteiger partial charge on any atom is -0.455 e. The fourth-order valence-electron chi connectivity index (χ4n) is 4.97. The van der Waals surface area contributed by atoms with Crippen LogP contribution < -0.4 is 0 Å². The van der Waals surface area contributed by atoms with E-state index in [4.69, 9.17) is 4.42 Å². The van der Waals surface area contributed by atoms with Crippen molar-refractivity contribution in [2.75, 3.05) is 0 Å². The quantitative estimate of drug-likeness (QED) is 0.280. The molecule has 0 radical (unpaired) electrons. The highest BCUT2D eigenvalue weighted by Crippen LogP contribution is 2.39. The molecule has 5 aromatic carbocycles. The lowest BCUT2D eigenvalue weighted by Crippen LogP contribution is -1.93. The normalized spacial score (nSPS) is 11.8. The first kappa shape index (κ1) is 17.4. The molecule has 0 amide bonds. The lowest BCUT2D eigenvalue weighted by atomic mass is 10.0. The summed E-state index contributed by atoms with van der Waals surface area (Å²) >= 11 is 0. The number of para-hydroxylation sites is 4. The van der Waals surface area contributed by atoms with Crippen molar-refractivity contribution < 1.29 is 4.42 Å². The van der Waals surface area contributed by atoms with E-state index in [1.165, 1.54) is 21.8 Å². The molecule has 0 bridgehead atoms. The highest BCUT2D eigenvalue weighted by Gasteiger charge is 2.15. The van der Waals surface area contributed by atoms with Gasteiger partial charge in [-0.3, -0.25) is 0 Å². The van der Waals surface area contributed by atoms with Crippen LogP contribution in [-0.4, -0.2) is 4.57 Å². The summed E-state index contributed by atoms with van der Waals surface area (Å²) in [6.45, 7) is 0. The standard InChI is InChI=1S/C30H19NO/c1-2-9-21(10-3-1)31-27-15-6-4-11-23(27)24-18-17-20(19-28(24)31)22-13-8-14-26-25-12-5-7-16-29(25)32-30(22)26/h1-19H. The smallest absolute Gasteiger partial charge is 0.143 e. The Kier molecular flexibility index (Phi) is 3.58. The van der Waals surface area contributed by atoms with Gasteiger partial charge in [0.1, 0.15) is 11.2 Å². The van der Waals surface area contributed by atoms with E-state index in [9.17, 15) is 0 Å². The third-order valence-electron chi connectivity index (χ3n) is 6.40. The zero-order valence-electron chi connectivity index (χ0n) is 17.3. The third-order valence-corrected chi connectivity index (χ3v) is 6.40. The first-order valence-electron chi connectivity index (χ1n) is 10.9. The molecule has 2 heterocycles. The van der Waals surface area contributed by atoms with Crippen LogP contribution in [0.3, 0.4) is 0 Å². The number of nitrogens with zero attached hydrogens (tertiary/aromatic N) is 1. The van der Waals surface area contributed by atoms with Gasteiger partial charge in [0, 0.05) is 32.8 Å². The van der Waals surface area contributed by atoms with Crippen LogP contribution in [0.15, 0.2) is 120 Å². The Bertz CT molecular complexity index is 1770. The molecule has 2 aromatic heterocycles. The monoisotopic (exact) mass is 409 g/mol. The average molecular weight is 409 g/mol. The highest BCUT2D eigenvalue weighted by atomic mass is 16.3. The summed E-state index contributed by atoms with van der Waals surface area (Å²) in [5.74, 6) is 0. The van der Waals surface area contributed by atoms with Crippen molar-refractivity contribution in [3.8, 4) is 16.8 Å². The molecule has 0 atom stereocenters. The van der Waals surface area contributed by atoms with Gasteiger partial charge in [0.25, 0.3) is 0 Å². The van der Waals surface area contributed by atoms with Crippen LogP contribution in [0, 0.1) is 0 Å². The van der Waals surface area contributed by atoms with Gasteiger partial charge in [0.15, 0.2) is 0 Å². The largest absolute Gasteiger partial charge is 0.455 e. The van der Waals surface area contributed by atoms with Gasteiger partial charge in [0.2, 0.25) is 0 Å². The Labute approximate surface area is 184 Å². The Morgan fingerprint density at radius 3 is 2.12 bits per heavy atom. The van der Waals surface area contributed by atoms with Crippen molar-refractivity contribution in [1.29, 1.82) is 0 Å². The minimum absolute atomic E-state index is 0.925. The van der Waals surface area contributed by atoms with Crippen LogP contribution in [-0.2, 0) is 0 Å². The number of hydrogen-bond donors (Lipinski definition) is 0. The Hall–Kier alpha value is -4.30. The number of furan rings is 1.